The topological polar surface area (TPSA) is 26.0 Å². The molecule has 0 spiro atoms. The van der Waals surface area contributed by atoms with Gasteiger partial charge in [0.2, 0.25) is 0 Å². The second kappa shape index (κ2) is 2.29. The first kappa shape index (κ1) is 7.06. The first-order valence-electron chi connectivity index (χ1n) is 2.61. The lowest BCUT2D eigenvalue weighted by Gasteiger charge is -1.98. The summed E-state index contributed by atoms with van der Waals surface area (Å²) < 4.78 is 24.8. The van der Waals surface area contributed by atoms with Gasteiger partial charge in [0.05, 0.1) is 5.69 Å². The summed E-state index contributed by atoms with van der Waals surface area (Å²) in [5.74, 6) is -1.39. The number of nitrogens with two attached hydrogens (primary N) is 1. The molecule has 0 saturated heterocycles. The number of halogens is 2. The first-order valence-corrected chi connectivity index (χ1v) is 2.61. The largest absolute Gasteiger partial charge is 0.396 e. The molecule has 1 rings (SSSR count). The normalized spacial score (nSPS) is 9.80. The van der Waals surface area contributed by atoms with E-state index in [-0.39, 0.29) is 11.2 Å². The number of hydrogen-bond donors (Lipinski definition) is 1. The van der Waals surface area contributed by atoms with Crippen LogP contribution < -0.4 is 11.2 Å². The summed E-state index contributed by atoms with van der Waals surface area (Å²) in [5, 5.41) is 0. The molecule has 0 heterocycles. The quantitative estimate of drug-likeness (QED) is 0.407. The summed E-state index contributed by atoms with van der Waals surface area (Å²) in [7, 11) is 5.02. The number of benzene rings is 1. The molecule has 0 bridgehead atoms. The Morgan fingerprint density at radius 2 is 1.80 bits per heavy atom. The van der Waals surface area contributed by atoms with Crippen LogP contribution in [0.5, 0.6) is 0 Å². The second-order valence-electron chi connectivity index (χ2n) is 1.90. The van der Waals surface area contributed by atoms with Crippen molar-refractivity contribution in [3.8, 4) is 0 Å². The van der Waals surface area contributed by atoms with Gasteiger partial charge in [0.1, 0.15) is 19.5 Å². The van der Waals surface area contributed by atoms with E-state index in [1.165, 1.54) is 0 Å². The predicted molar refractivity (Wildman–Crippen MR) is 36.2 cm³/mol. The molecule has 0 unspecified atom stereocenters. The van der Waals surface area contributed by atoms with Gasteiger partial charge in [-0.2, -0.15) is 0 Å². The molecular formula is C6H4BF2N. The zero-order chi connectivity index (χ0) is 7.72. The minimum Gasteiger partial charge on any atom is -0.396 e. The maximum absolute atomic E-state index is 12.4. The van der Waals surface area contributed by atoms with Gasteiger partial charge >= 0.3 is 0 Å². The first-order chi connectivity index (χ1) is 4.61. The fraction of sp³-hybridized carbons (Fsp3) is 0. The maximum Gasteiger partial charge on any atom is 0.145 e. The lowest BCUT2D eigenvalue weighted by molar-refractivity contribution is 0.611. The van der Waals surface area contributed by atoms with Crippen molar-refractivity contribution in [3.63, 3.8) is 0 Å². The van der Waals surface area contributed by atoms with Gasteiger partial charge in [-0.25, -0.2) is 8.78 Å². The Labute approximate surface area is 58.3 Å². The summed E-state index contributed by atoms with van der Waals surface area (Å²) in [4.78, 5) is 0. The fourth-order valence-electron chi connectivity index (χ4n) is 0.578. The summed E-state index contributed by atoms with van der Waals surface area (Å²) in [6, 6.07) is 1.70. The number of nitrogen functional groups attached to an aromatic ring is 1. The average molecular weight is 139 g/mol. The van der Waals surface area contributed by atoms with E-state index in [4.69, 9.17) is 13.6 Å². The Morgan fingerprint density at radius 1 is 1.20 bits per heavy atom. The summed E-state index contributed by atoms with van der Waals surface area (Å²) in [5.41, 5.74) is 4.56. The molecule has 0 aliphatic carbocycles. The predicted octanol–water partition coefficient (Wildman–Crippen LogP) is 0.341. The van der Waals surface area contributed by atoms with Crippen LogP contribution in [0.25, 0.3) is 0 Å². The van der Waals surface area contributed by atoms with Crippen molar-refractivity contribution in [2.75, 3.05) is 5.73 Å². The van der Waals surface area contributed by atoms with Gasteiger partial charge in [0.25, 0.3) is 0 Å². The molecule has 0 saturated carbocycles. The molecule has 50 valence electrons. The van der Waals surface area contributed by atoms with Crippen LogP contribution >= 0.6 is 0 Å². The smallest absolute Gasteiger partial charge is 0.145 e. The van der Waals surface area contributed by atoms with Gasteiger partial charge < -0.3 is 5.73 Å². The van der Waals surface area contributed by atoms with Gasteiger partial charge in [-0.15, -0.1) is 0 Å². The zero-order valence-corrected chi connectivity index (χ0v) is 5.07. The number of rotatable bonds is 0. The van der Waals surface area contributed by atoms with Crippen LogP contribution in [0.3, 0.4) is 0 Å². The van der Waals surface area contributed by atoms with Crippen LogP contribution in [0.15, 0.2) is 12.1 Å². The molecular weight excluding hydrogens is 135 g/mol. The average Bonchev–Trinajstić information content (AvgIpc) is 1.84. The minimum absolute atomic E-state index is 0.230. The van der Waals surface area contributed by atoms with Crippen LogP contribution in [0.1, 0.15) is 0 Å². The van der Waals surface area contributed by atoms with Crippen LogP contribution in [-0.2, 0) is 0 Å². The van der Waals surface area contributed by atoms with E-state index in [0.717, 1.165) is 12.1 Å². The minimum atomic E-state index is -0.695. The molecule has 0 amide bonds. The van der Waals surface area contributed by atoms with E-state index >= 15 is 0 Å². The van der Waals surface area contributed by atoms with Crippen molar-refractivity contribution in [1.82, 2.24) is 0 Å². The van der Waals surface area contributed by atoms with E-state index in [1.807, 2.05) is 0 Å². The zero-order valence-electron chi connectivity index (χ0n) is 5.07. The third kappa shape index (κ3) is 1.10. The van der Waals surface area contributed by atoms with E-state index in [0.29, 0.717) is 0 Å². The van der Waals surface area contributed by atoms with E-state index in [9.17, 15) is 8.78 Å². The van der Waals surface area contributed by atoms with Gasteiger partial charge in [-0.05, 0) is 12.1 Å². The lowest BCUT2D eigenvalue weighted by atomic mass is 9.95. The van der Waals surface area contributed by atoms with Crippen molar-refractivity contribution in [1.29, 1.82) is 0 Å². The Kier molecular flexibility index (Phi) is 1.61. The van der Waals surface area contributed by atoms with E-state index in [2.05, 4.69) is 0 Å². The van der Waals surface area contributed by atoms with Gasteiger partial charge in [-0.1, -0.05) is 5.46 Å². The van der Waals surface area contributed by atoms with Gasteiger partial charge in [0.15, 0.2) is 0 Å². The highest BCUT2D eigenvalue weighted by molar-refractivity contribution is 6.32. The molecule has 0 aliphatic rings. The fourth-order valence-corrected chi connectivity index (χ4v) is 0.578. The monoisotopic (exact) mass is 139 g/mol. The number of anilines is 1. The van der Waals surface area contributed by atoms with Crippen LogP contribution in [0, 0.1) is 11.6 Å². The summed E-state index contributed by atoms with van der Waals surface area (Å²) in [6.45, 7) is 0. The highest BCUT2D eigenvalue weighted by Gasteiger charge is 2.01. The third-order valence-corrected chi connectivity index (χ3v) is 1.12. The molecule has 0 atom stereocenters. The van der Waals surface area contributed by atoms with Gasteiger partial charge in [0, 0.05) is 0 Å². The van der Waals surface area contributed by atoms with Crippen LogP contribution in [-0.4, -0.2) is 7.85 Å². The number of hydrogen-bond acceptors (Lipinski definition) is 1. The standard InChI is InChI=1S/C6H4BF2N/c7-3-1-5(9)6(10)2-4(3)8/h1-2H,10H2. The molecule has 0 aliphatic heterocycles. The molecule has 1 aromatic rings. The highest BCUT2D eigenvalue weighted by Crippen LogP contribution is 2.07. The molecule has 0 fully saturated rings. The molecule has 2 radical (unpaired) electrons. The van der Waals surface area contributed by atoms with Crippen molar-refractivity contribution in [2.45, 2.75) is 0 Å². The molecule has 10 heavy (non-hydrogen) atoms. The maximum atomic E-state index is 12.4. The molecule has 4 heteroatoms. The molecule has 1 nitrogen and oxygen atoms in total. The Balaban J connectivity index is 3.28. The van der Waals surface area contributed by atoms with Crippen molar-refractivity contribution >= 4 is 19.0 Å². The summed E-state index contributed by atoms with van der Waals surface area (Å²) >= 11 is 0. The van der Waals surface area contributed by atoms with Crippen LogP contribution in [0.4, 0.5) is 14.5 Å². The van der Waals surface area contributed by atoms with Crippen molar-refractivity contribution in [2.24, 2.45) is 0 Å². The lowest BCUT2D eigenvalue weighted by Crippen LogP contribution is -2.10. The second-order valence-corrected chi connectivity index (χ2v) is 1.90. The Morgan fingerprint density at radius 3 is 2.30 bits per heavy atom. The Bertz CT molecular complexity index is 212. The highest BCUT2D eigenvalue weighted by atomic mass is 19.1. The van der Waals surface area contributed by atoms with Gasteiger partial charge in [-0.3, -0.25) is 0 Å². The third-order valence-electron chi connectivity index (χ3n) is 1.12. The van der Waals surface area contributed by atoms with E-state index in [1.54, 1.807) is 0 Å². The van der Waals surface area contributed by atoms with Crippen molar-refractivity contribution in [3.05, 3.63) is 23.8 Å². The molecule has 2 N–H and O–H groups in total. The summed E-state index contributed by atoms with van der Waals surface area (Å²) in [6.07, 6.45) is 0. The Hall–Kier alpha value is -1.06. The molecule has 0 aromatic heterocycles. The molecule has 1 aromatic carbocycles. The van der Waals surface area contributed by atoms with Crippen LogP contribution in [0.2, 0.25) is 0 Å². The van der Waals surface area contributed by atoms with Crippen molar-refractivity contribution < 1.29 is 8.78 Å². The van der Waals surface area contributed by atoms with E-state index < -0.39 is 11.6 Å². The SMILES string of the molecule is [B]c1cc(F)c(N)cc1F.